The lowest BCUT2D eigenvalue weighted by atomic mass is 9.76. The summed E-state index contributed by atoms with van der Waals surface area (Å²) < 4.78 is 5.26. The van der Waals surface area contributed by atoms with Crippen molar-refractivity contribution in [3.8, 4) is 0 Å². The van der Waals surface area contributed by atoms with Gasteiger partial charge in [0.2, 0.25) is 0 Å². The highest BCUT2D eigenvalue weighted by Gasteiger charge is 2.49. The van der Waals surface area contributed by atoms with Gasteiger partial charge in [-0.25, -0.2) is 0 Å². The summed E-state index contributed by atoms with van der Waals surface area (Å²) in [7, 11) is 0. The van der Waals surface area contributed by atoms with E-state index in [1.54, 1.807) is 0 Å². The monoisotopic (exact) mass is 247 g/mol. The molecule has 4 heteroatoms. The second-order valence-electron chi connectivity index (χ2n) is 4.73. The summed E-state index contributed by atoms with van der Waals surface area (Å²) in [6.07, 6.45) is 6.81. The van der Waals surface area contributed by atoms with E-state index in [4.69, 9.17) is 4.74 Å². The van der Waals surface area contributed by atoms with Crippen LogP contribution in [-0.4, -0.2) is 25.2 Å². The molecular formula is C12H22ClNO2. The van der Waals surface area contributed by atoms with Crippen molar-refractivity contribution in [3.63, 3.8) is 0 Å². The Morgan fingerprint density at radius 1 is 1.38 bits per heavy atom. The van der Waals surface area contributed by atoms with Gasteiger partial charge in [-0.2, -0.15) is 0 Å². The van der Waals surface area contributed by atoms with E-state index < -0.39 is 0 Å². The molecule has 0 aromatic heterocycles. The van der Waals surface area contributed by atoms with Gasteiger partial charge in [-0.3, -0.25) is 4.79 Å². The number of rotatable bonds is 2. The van der Waals surface area contributed by atoms with Gasteiger partial charge in [-0.15, -0.1) is 12.4 Å². The second kappa shape index (κ2) is 5.87. The SMILES string of the molecule is CCOC(=O)[C@@]12CCCCC[C@@H]1NCC2.Cl. The molecule has 0 aromatic rings. The number of nitrogens with one attached hydrogen (secondary N) is 1. The molecule has 2 fully saturated rings. The molecule has 1 aliphatic carbocycles. The van der Waals surface area contributed by atoms with Crippen LogP contribution >= 0.6 is 12.4 Å². The first-order valence-electron chi connectivity index (χ1n) is 6.20. The molecule has 94 valence electrons. The Hall–Kier alpha value is -0.280. The minimum absolute atomic E-state index is 0. The topological polar surface area (TPSA) is 38.3 Å². The van der Waals surface area contributed by atoms with Crippen molar-refractivity contribution in [1.82, 2.24) is 5.32 Å². The summed E-state index contributed by atoms with van der Waals surface area (Å²) in [6, 6.07) is 0.374. The van der Waals surface area contributed by atoms with Crippen molar-refractivity contribution in [2.75, 3.05) is 13.2 Å². The molecule has 1 saturated heterocycles. The first-order chi connectivity index (χ1) is 7.29. The number of hydrogen-bond acceptors (Lipinski definition) is 3. The summed E-state index contributed by atoms with van der Waals surface area (Å²) in [4.78, 5) is 12.1. The minimum Gasteiger partial charge on any atom is -0.466 e. The van der Waals surface area contributed by atoms with Crippen molar-refractivity contribution in [1.29, 1.82) is 0 Å². The maximum Gasteiger partial charge on any atom is 0.313 e. The van der Waals surface area contributed by atoms with Crippen LogP contribution in [0.3, 0.4) is 0 Å². The van der Waals surface area contributed by atoms with E-state index in [2.05, 4.69) is 5.32 Å². The maximum atomic E-state index is 12.1. The number of fused-ring (bicyclic) bond motifs is 1. The van der Waals surface area contributed by atoms with Gasteiger partial charge < -0.3 is 10.1 Å². The second-order valence-corrected chi connectivity index (χ2v) is 4.73. The predicted molar refractivity (Wildman–Crippen MR) is 65.8 cm³/mol. The highest BCUT2D eigenvalue weighted by atomic mass is 35.5. The molecule has 16 heavy (non-hydrogen) atoms. The molecule has 3 nitrogen and oxygen atoms in total. The summed E-state index contributed by atoms with van der Waals surface area (Å²) in [6.45, 7) is 3.37. The zero-order chi connectivity index (χ0) is 10.7. The van der Waals surface area contributed by atoms with Gasteiger partial charge in [0.15, 0.2) is 0 Å². The zero-order valence-corrected chi connectivity index (χ0v) is 10.8. The van der Waals surface area contributed by atoms with Crippen LogP contribution in [0.25, 0.3) is 0 Å². The third-order valence-electron chi connectivity index (χ3n) is 3.93. The van der Waals surface area contributed by atoms with Crippen LogP contribution in [0.1, 0.15) is 45.4 Å². The van der Waals surface area contributed by atoms with Gasteiger partial charge in [-0.05, 0) is 32.7 Å². The number of esters is 1. The van der Waals surface area contributed by atoms with Crippen LogP contribution in [0, 0.1) is 5.41 Å². The number of carbonyl (C=O) groups excluding carboxylic acids is 1. The quantitative estimate of drug-likeness (QED) is 0.761. The number of ether oxygens (including phenoxy) is 1. The largest absolute Gasteiger partial charge is 0.466 e. The third kappa shape index (κ3) is 2.35. The van der Waals surface area contributed by atoms with Crippen LogP contribution in [-0.2, 0) is 9.53 Å². The van der Waals surface area contributed by atoms with E-state index in [9.17, 15) is 4.79 Å². The number of halogens is 1. The summed E-state index contributed by atoms with van der Waals surface area (Å²) in [5, 5.41) is 3.48. The van der Waals surface area contributed by atoms with Crippen LogP contribution in [0.2, 0.25) is 0 Å². The van der Waals surface area contributed by atoms with Crippen molar-refractivity contribution in [2.24, 2.45) is 5.41 Å². The third-order valence-corrected chi connectivity index (χ3v) is 3.93. The van der Waals surface area contributed by atoms with Gasteiger partial charge in [0.25, 0.3) is 0 Å². The predicted octanol–water partition coefficient (Wildman–Crippen LogP) is 2.28. The summed E-state index contributed by atoms with van der Waals surface area (Å²) >= 11 is 0. The lowest BCUT2D eigenvalue weighted by Crippen LogP contribution is -2.43. The van der Waals surface area contributed by atoms with Crippen LogP contribution < -0.4 is 5.32 Å². The Bertz CT molecular complexity index is 247. The molecule has 2 rings (SSSR count). The van der Waals surface area contributed by atoms with Crippen LogP contribution in [0.4, 0.5) is 0 Å². The van der Waals surface area contributed by atoms with Crippen molar-refractivity contribution in [3.05, 3.63) is 0 Å². The summed E-state index contributed by atoms with van der Waals surface area (Å²) in [5.74, 6) is 0.0434. The van der Waals surface area contributed by atoms with Crippen LogP contribution in [0.5, 0.6) is 0 Å². The molecule has 0 unspecified atom stereocenters. The van der Waals surface area contributed by atoms with Gasteiger partial charge >= 0.3 is 5.97 Å². The van der Waals surface area contributed by atoms with Gasteiger partial charge in [0.05, 0.1) is 12.0 Å². The average Bonchev–Trinajstić information content (AvgIpc) is 2.53. The fourth-order valence-electron chi connectivity index (χ4n) is 3.10. The molecule has 1 aliphatic heterocycles. The number of hydrogen-bond donors (Lipinski definition) is 1. The first kappa shape index (κ1) is 13.8. The standard InChI is InChI=1S/C12H21NO2.ClH/c1-2-15-11(14)12-7-5-3-4-6-10(12)13-9-8-12;/h10,13H,2-9H2,1H3;1H/t10-,12+;/m0./s1. The molecular weight excluding hydrogens is 226 g/mol. The molecule has 1 N–H and O–H groups in total. The lowest BCUT2D eigenvalue weighted by molar-refractivity contribution is -0.156. The van der Waals surface area contributed by atoms with E-state index >= 15 is 0 Å². The van der Waals surface area contributed by atoms with E-state index in [0.29, 0.717) is 12.6 Å². The van der Waals surface area contributed by atoms with E-state index in [1.807, 2.05) is 6.92 Å². The Morgan fingerprint density at radius 2 is 2.19 bits per heavy atom. The van der Waals surface area contributed by atoms with Crippen molar-refractivity contribution < 1.29 is 9.53 Å². The fraction of sp³-hybridized carbons (Fsp3) is 0.917. The molecule has 0 spiro atoms. The molecule has 0 amide bonds. The highest BCUT2D eigenvalue weighted by Crippen LogP contribution is 2.42. The fourth-order valence-corrected chi connectivity index (χ4v) is 3.10. The van der Waals surface area contributed by atoms with E-state index in [0.717, 1.165) is 25.8 Å². The summed E-state index contributed by atoms with van der Waals surface area (Å²) in [5.41, 5.74) is -0.188. The molecule has 2 aliphatic rings. The number of carbonyl (C=O) groups is 1. The Balaban J connectivity index is 0.00000128. The maximum absolute atomic E-state index is 12.1. The molecule has 1 heterocycles. The van der Waals surface area contributed by atoms with E-state index in [-0.39, 0.29) is 23.8 Å². The Morgan fingerprint density at radius 3 is 2.94 bits per heavy atom. The van der Waals surface area contributed by atoms with Crippen molar-refractivity contribution in [2.45, 2.75) is 51.5 Å². The molecule has 0 aromatic carbocycles. The molecule has 1 saturated carbocycles. The van der Waals surface area contributed by atoms with E-state index in [1.165, 1.54) is 19.3 Å². The Labute approximate surface area is 104 Å². The van der Waals surface area contributed by atoms with Gasteiger partial charge in [0.1, 0.15) is 0 Å². The molecule has 0 radical (unpaired) electrons. The highest BCUT2D eigenvalue weighted by molar-refractivity contribution is 5.85. The van der Waals surface area contributed by atoms with Gasteiger partial charge in [0, 0.05) is 6.04 Å². The minimum atomic E-state index is -0.188. The molecule has 2 atom stereocenters. The average molecular weight is 248 g/mol. The normalized spacial score (nSPS) is 33.4. The molecule has 0 bridgehead atoms. The Kier molecular flexibility index (Phi) is 5.06. The van der Waals surface area contributed by atoms with Crippen LogP contribution in [0.15, 0.2) is 0 Å². The van der Waals surface area contributed by atoms with Gasteiger partial charge in [-0.1, -0.05) is 19.3 Å². The van der Waals surface area contributed by atoms with Crippen molar-refractivity contribution >= 4 is 18.4 Å². The smallest absolute Gasteiger partial charge is 0.313 e. The zero-order valence-electron chi connectivity index (χ0n) is 9.96. The lowest BCUT2D eigenvalue weighted by Gasteiger charge is -2.30. The first-order valence-corrected chi connectivity index (χ1v) is 6.20.